The Labute approximate surface area is 386 Å². The highest BCUT2D eigenvalue weighted by molar-refractivity contribution is 6.20. The van der Waals surface area contributed by atoms with Crippen LogP contribution in [0.1, 0.15) is 0 Å². The lowest BCUT2D eigenvalue weighted by atomic mass is 9.92. The molecule has 0 atom stereocenters. The van der Waals surface area contributed by atoms with E-state index in [1.165, 1.54) is 27.1 Å². The monoisotopic (exact) mass is 854 g/mol. The van der Waals surface area contributed by atoms with Crippen molar-refractivity contribution in [1.29, 1.82) is 0 Å². The number of rotatable bonds is 7. The summed E-state index contributed by atoms with van der Waals surface area (Å²) in [5.74, 6) is 1.80. The van der Waals surface area contributed by atoms with Crippen molar-refractivity contribution in [1.82, 2.24) is 19.9 Å². The van der Waals surface area contributed by atoms with Crippen LogP contribution in [0.25, 0.3) is 133 Å². The standard InChI is InChI=1S/C62H38N4O/c1-3-13-39(14-4-1)41-23-29-44(30-24-41)60-64-61(45-31-25-42(26-32-45)40-15-5-2-6-16-40)66-62(65-60)46-33-27-43(28-34-46)58-57-53-21-11-12-22-56(53)67-59(57)52-36-35-48(38-55(52)63-58)54-37-47-17-7-8-18-49(47)50-19-9-10-20-51(50)54/h1-38H. The average molecular weight is 855 g/mol. The minimum atomic E-state index is 0.587. The fourth-order valence-electron chi connectivity index (χ4n) is 9.56. The lowest BCUT2D eigenvalue weighted by Gasteiger charge is -2.13. The summed E-state index contributed by atoms with van der Waals surface area (Å²) in [6.07, 6.45) is 0. The van der Waals surface area contributed by atoms with Crippen LogP contribution in [0.5, 0.6) is 0 Å². The maximum absolute atomic E-state index is 6.70. The molecule has 10 aromatic carbocycles. The predicted molar refractivity (Wildman–Crippen MR) is 275 cm³/mol. The summed E-state index contributed by atoms with van der Waals surface area (Å²) < 4.78 is 6.70. The van der Waals surface area contributed by atoms with Crippen LogP contribution in [0.15, 0.2) is 235 Å². The molecule has 3 aromatic heterocycles. The lowest BCUT2D eigenvalue weighted by Crippen LogP contribution is -2.00. The minimum absolute atomic E-state index is 0.587. The molecule has 0 fully saturated rings. The van der Waals surface area contributed by atoms with Crippen molar-refractivity contribution in [2.24, 2.45) is 0 Å². The second kappa shape index (κ2) is 15.9. The molecular weight excluding hydrogens is 817 g/mol. The third-order valence-corrected chi connectivity index (χ3v) is 12.9. The topological polar surface area (TPSA) is 64.7 Å². The number of hydrogen-bond donors (Lipinski definition) is 0. The summed E-state index contributed by atoms with van der Waals surface area (Å²) in [5, 5.41) is 7.88. The van der Waals surface area contributed by atoms with Crippen LogP contribution in [0, 0.1) is 0 Å². The molecule has 3 heterocycles. The van der Waals surface area contributed by atoms with Gasteiger partial charge in [0.05, 0.1) is 16.6 Å². The quantitative estimate of drug-likeness (QED) is 0.149. The van der Waals surface area contributed by atoms with E-state index in [0.717, 1.165) is 88.6 Å². The number of fused-ring (bicyclic) bond motifs is 8. The molecule has 0 unspecified atom stereocenters. The SMILES string of the molecule is c1ccc(-c2ccc(-c3nc(-c4ccc(-c5ccccc5)cc4)nc(-c4ccc(-c5nc6cc(-c7cc8ccccc8c8ccccc78)ccc6c6oc7ccccc7c56)cc4)n3)cc2)cc1. The molecule has 312 valence electrons. The molecule has 0 saturated heterocycles. The zero-order valence-corrected chi connectivity index (χ0v) is 36.1. The van der Waals surface area contributed by atoms with E-state index in [0.29, 0.717) is 17.5 Å². The molecule has 0 aliphatic carbocycles. The fourth-order valence-corrected chi connectivity index (χ4v) is 9.56. The second-order valence-electron chi connectivity index (χ2n) is 17.0. The third-order valence-electron chi connectivity index (χ3n) is 12.9. The molecule has 5 heteroatoms. The van der Waals surface area contributed by atoms with Crippen LogP contribution in [0.3, 0.4) is 0 Å². The Morgan fingerprint density at radius 3 is 1.33 bits per heavy atom. The largest absolute Gasteiger partial charge is 0.455 e. The van der Waals surface area contributed by atoms with E-state index in [1.54, 1.807) is 0 Å². The average Bonchev–Trinajstić information content (AvgIpc) is 3.81. The molecule has 0 aliphatic heterocycles. The van der Waals surface area contributed by atoms with Gasteiger partial charge in [0.25, 0.3) is 0 Å². The van der Waals surface area contributed by atoms with Gasteiger partial charge in [0, 0.05) is 33.0 Å². The number of pyridine rings is 1. The molecule has 0 saturated carbocycles. The summed E-state index contributed by atoms with van der Waals surface area (Å²) in [6.45, 7) is 0. The van der Waals surface area contributed by atoms with Crippen LogP contribution >= 0.6 is 0 Å². The maximum atomic E-state index is 6.70. The maximum Gasteiger partial charge on any atom is 0.164 e. The third kappa shape index (κ3) is 6.80. The molecule has 0 aliphatic rings. The number of para-hydroxylation sites is 1. The van der Waals surface area contributed by atoms with E-state index in [2.05, 4.69) is 206 Å². The Balaban J connectivity index is 0.935. The van der Waals surface area contributed by atoms with Crippen molar-refractivity contribution >= 4 is 54.4 Å². The van der Waals surface area contributed by atoms with E-state index in [-0.39, 0.29) is 0 Å². The predicted octanol–water partition coefficient (Wildman–Crippen LogP) is 16.3. The molecular formula is C62H38N4O. The number of aromatic nitrogens is 4. The van der Waals surface area contributed by atoms with E-state index >= 15 is 0 Å². The Morgan fingerprint density at radius 2 is 0.731 bits per heavy atom. The summed E-state index contributed by atoms with van der Waals surface area (Å²) in [7, 11) is 0. The van der Waals surface area contributed by atoms with Gasteiger partial charge in [-0.25, -0.2) is 19.9 Å². The summed E-state index contributed by atoms with van der Waals surface area (Å²) in [5.41, 5.74) is 13.9. The minimum Gasteiger partial charge on any atom is -0.455 e. The van der Waals surface area contributed by atoms with Gasteiger partial charge in [-0.05, 0) is 79.2 Å². The van der Waals surface area contributed by atoms with Gasteiger partial charge in [-0.15, -0.1) is 0 Å². The van der Waals surface area contributed by atoms with Gasteiger partial charge in [0.2, 0.25) is 0 Å². The Bertz CT molecular complexity index is 3890. The number of nitrogens with zero attached hydrogens (tertiary/aromatic N) is 4. The van der Waals surface area contributed by atoms with Crippen molar-refractivity contribution in [3.63, 3.8) is 0 Å². The van der Waals surface area contributed by atoms with Crippen molar-refractivity contribution in [3.8, 4) is 78.8 Å². The van der Waals surface area contributed by atoms with Crippen LogP contribution in [0.4, 0.5) is 0 Å². The van der Waals surface area contributed by atoms with E-state index < -0.39 is 0 Å². The first kappa shape index (κ1) is 38.4. The molecule has 13 aromatic rings. The molecule has 0 amide bonds. The Morgan fingerprint density at radius 1 is 0.284 bits per heavy atom. The first-order valence-electron chi connectivity index (χ1n) is 22.5. The van der Waals surface area contributed by atoms with Crippen LogP contribution in [0.2, 0.25) is 0 Å². The summed E-state index contributed by atoms with van der Waals surface area (Å²) in [6, 6.07) is 80.4. The molecule has 13 rings (SSSR count). The summed E-state index contributed by atoms with van der Waals surface area (Å²) in [4.78, 5) is 20.8. The molecule has 0 spiro atoms. The highest BCUT2D eigenvalue weighted by Gasteiger charge is 2.20. The van der Waals surface area contributed by atoms with Crippen LogP contribution < -0.4 is 0 Å². The normalized spacial score (nSPS) is 11.6. The Kier molecular flexibility index (Phi) is 9.10. The highest BCUT2D eigenvalue weighted by Crippen LogP contribution is 2.42. The smallest absolute Gasteiger partial charge is 0.164 e. The van der Waals surface area contributed by atoms with Crippen molar-refractivity contribution in [3.05, 3.63) is 231 Å². The second-order valence-corrected chi connectivity index (χ2v) is 17.0. The van der Waals surface area contributed by atoms with Gasteiger partial charge < -0.3 is 4.42 Å². The van der Waals surface area contributed by atoms with Crippen LogP contribution in [-0.4, -0.2) is 19.9 Å². The number of hydrogen-bond acceptors (Lipinski definition) is 5. The van der Waals surface area contributed by atoms with E-state index in [9.17, 15) is 0 Å². The molecule has 67 heavy (non-hydrogen) atoms. The first-order valence-corrected chi connectivity index (χ1v) is 22.5. The molecule has 5 nitrogen and oxygen atoms in total. The van der Waals surface area contributed by atoms with Gasteiger partial charge in [-0.3, -0.25) is 0 Å². The fraction of sp³-hybridized carbons (Fsp3) is 0. The van der Waals surface area contributed by atoms with Crippen molar-refractivity contribution in [2.75, 3.05) is 0 Å². The zero-order chi connectivity index (χ0) is 44.3. The van der Waals surface area contributed by atoms with Gasteiger partial charge in [-0.1, -0.05) is 206 Å². The zero-order valence-electron chi connectivity index (χ0n) is 36.1. The molecule has 0 bridgehead atoms. The van der Waals surface area contributed by atoms with Gasteiger partial charge in [-0.2, -0.15) is 0 Å². The number of furan rings is 1. The Hall–Kier alpha value is -9.06. The van der Waals surface area contributed by atoms with E-state index in [4.69, 9.17) is 24.4 Å². The first-order chi connectivity index (χ1) is 33.2. The highest BCUT2D eigenvalue weighted by atomic mass is 16.3. The van der Waals surface area contributed by atoms with Crippen molar-refractivity contribution in [2.45, 2.75) is 0 Å². The van der Waals surface area contributed by atoms with Crippen molar-refractivity contribution < 1.29 is 4.42 Å². The van der Waals surface area contributed by atoms with Gasteiger partial charge in [0.15, 0.2) is 17.5 Å². The molecule has 0 N–H and O–H groups in total. The van der Waals surface area contributed by atoms with Gasteiger partial charge in [0.1, 0.15) is 11.2 Å². The van der Waals surface area contributed by atoms with E-state index in [1.807, 2.05) is 24.3 Å². The molecule has 0 radical (unpaired) electrons. The summed E-state index contributed by atoms with van der Waals surface area (Å²) >= 11 is 0. The van der Waals surface area contributed by atoms with Crippen LogP contribution in [-0.2, 0) is 0 Å². The number of benzene rings is 10. The lowest BCUT2D eigenvalue weighted by molar-refractivity contribution is 0.672. The van der Waals surface area contributed by atoms with Gasteiger partial charge >= 0.3 is 0 Å².